The van der Waals surface area contributed by atoms with Crippen LogP contribution in [0.25, 0.3) is 0 Å². The van der Waals surface area contributed by atoms with Gasteiger partial charge in [-0.1, -0.05) is 0 Å². The Kier molecular flexibility index (Phi) is 5.99. The lowest BCUT2D eigenvalue weighted by Crippen LogP contribution is -2.52. The van der Waals surface area contributed by atoms with Crippen LogP contribution < -0.4 is 5.48 Å². The van der Waals surface area contributed by atoms with Crippen LogP contribution in [0.1, 0.15) is 52.9 Å². The second kappa shape index (κ2) is 8.12. The Morgan fingerprint density at radius 3 is 2.68 bits per heavy atom. The van der Waals surface area contributed by atoms with Crippen molar-refractivity contribution in [3.8, 4) is 0 Å². The molecule has 3 heterocycles. The highest BCUT2D eigenvalue weighted by Crippen LogP contribution is 2.28. The van der Waals surface area contributed by atoms with Crippen LogP contribution in [0.2, 0.25) is 0 Å². The molecule has 3 aliphatic heterocycles. The third kappa shape index (κ3) is 4.49. The number of hydroxylamine groups is 3. The van der Waals surface area contributed by atoms with Crippen LogP contribution in [0.4, 0.5) is 9.59 Å². The first-order valence-corrected chi connectivity index (χ1v) is 9.87. The van der Waals surface area contributed by atoms with E-state index >= 15 is 0 Å². The van der Waals surface area contributed by atoms with Crippen LogP contribution in [-0.4, -0.2) is 81.5 Å². The van der Waals surface area contributed by atoms with Crippen molar-refractivity contribution in [2.45, 2.75) is 76.6 Å². The van der Waals surface area contributed by atoms with E-state index in [-0.39, 0.29) is 24.8 Å². The van der Waals surface area contributed by atoms with Gasteiger partial charge >= 0.3 is 12.1 Å². The summed E-state index contributed by atoms with van der Waals surface area (Å²) in [6.07, 6.45) is 3.29. The third-order valence-electron chi connectivity index (χ3n) is 5.35. The lowest BCUT2D eigenvalue weighted by atomic mass is 10.0. The first-order valence-electron chi connectivity index (χ1n) is 9.87. The number of carbonyl (C=O) groups excluding carboxylic acids is 3. The molecule has 10 nitrogen and oxygen atoms in total. The molecule has 3 rings (SSSR count). The number of piperidine rings is 2. The minimum Gasteiger partial charge on any atom is -0.444 e. The lowest BCUT2D eigenvalue weighted by molar-refractivity contribution is -0.140. The zero-order valence-electron chi connectivity index (χ0n) is 16.7. The number of likely N-dealkylation sites (tertiary alicyclic amines) is 1. The van der Waals surface area contributed by atoms with Gasteiger partial charge < -0.3 is 14.5 Å². The van der Waals surface area contributed by atoms with E-state index in [4.69, 9.17) is 9.57 Å². The normalized spacial score (nSPS) is 27.8. The fourth-order valence-corrected chi connectivity index (χ4v) is 3.93. The van der Waals surface area contributed by atoms with Gasteiger partial charge in [0.15, 0.2) is 0 Å². The van der Waals surface area contributed by atoms with Crippen molar-refractivity contribution in [3.05, 3.63) is 0 Å². The van der Waals surface area contributed by atoms with Crippen LogP contribution in [0, 0.1) is 0 Å². The maximum Gasteiger partial charge on any atom is 0.410 e. The summed E-state index contributed by atoms with van der Waals surface area (Å²) in [5, 5.41) is 10.4. The predicted molar refractivity (Wildman–Crippen MR) is 97.2 cm³/mol. The summed E-state index contributed by atoms with van der Waals surface area (Å²) in [6.45, 7) is 6.55. The Labute approximate surface area is 164 Å². The number of amides is 4. The van der Waals surface area contributed by atoms with Crippen LogP contribution >= 0.6 is 0 Å². The first kappa shape index (κ1) is 20.7. The number of hydrogen-bond donors (Lipinski definition) is 2. The molecule has 3 aliphatic rings. The molecule has 10 heteroatoms. The third-order valence-corrected chi connectivity index (χ3v) is 5.35. The minimum absolute atomic E-state index is 0.153. The molecule has 0 aliphatic carbocycles. The Bertz CT molecular complexity index is 622. The van der Waals surface area contributed by atoms with Gasteiger partial charge in [-0.15, -0.1) is 0 Å². The molecule has 3 atom stereocenters. The second-order valence-corrected chi connectivity index (χ2v) is 8.63. The van der Waals surface area contributed by atoms with Crippen molar-refractivity contribution >= 4 is 18.0 Å². The topological polar surface area (TPSA) is 112 Å². The van der Waals surface area contributed by atoms with Crippen LogP contribution in [0.15, 0.2) is 0 Å². The number of nitrogens with zero attached hydrogens (tertiary/aromatic N) is 3. The molecule has 0 saturated carbocycles. The van der Waals surface area contributed by atoms with Gasteiger partial charge in [0.1, 0.15) is 11.6 Å². The van der Waals surface area contributed by atoms with E-state index in [1.54, 1.807) is 4.90 Å². The average Bonchev–Trinajstić information content (AvgIpc) is 2.85. The molecular formula is C18H30N4O6. The minimum atomic E-state index is -0.658. The van der Waals surface area contributed by atoms with Crippen molar-refractivity contribution in [1.82, 2.24) is 20.3 Å². The summed E-state index contributed by atoms with van der Waals surface area (Å²) in [5.74, 6) is -0.415. The lowest BCUT2D eigenvalue weighted by Gasteiger charge is -2.36. The van der Waals surface area contributed by atoms with Crippen LogP contribution in [0.5, 0.6) is 0 Å². The summed E-state index contributed by atoms with van der Waals surface area (Å²) in [5.41, 5.74) is 1.84. The Hall–Kier alpha value is -2.07. The van der Waals surface area contributed by atoms with E-state index in [2.05, 4.69) is 5.48 Å². The van der Waals surface area contributed by atoms with Gasteiger partial charge in [-0.2, -0.15) is 0 Å². The van der Waals surface area contributed by atoms with Gasteiger partial charge in [0.05, 0.1) is 18.7 Å². The van der Waals surface area contributed by atoms with E-state index in [0.717, 1.165) is 19.3 Å². The van der Waals surface area contributed by atoms with Crippen LogP contribution in [0.3, 0.4) is 0 Å². The van der Waals surface area contributed by atoms with Gasteiger partial charge in [-0.05, 0) is 52.9 Å². The molecule has 0 aromatic rings. The molecule has 2 bridgehead atoms. The highest BCUT2D eigenvalue weighted by atomic mass is 16.7. The SMILES string of the molecule is CC(C)(C)OC(=O)N1CCCCC1CONC(=O)[C@@H]1CC[C@@H]2CN1C(=O)N2O. The number of urea groups is 1. The van der Waals surface area contributed by atoms with Crippen LogP contribution in [-0.2, 0) is 14.4 Å². The second-order valence-electron chi connectivity index (χ2n) is 8.63. The average molecular weight is 398 g/mol. The summed E-state index contributed by atoms with van der Waals surface area (Å²) >= 11 is 0. The van der Waals surface area contributed by atoms with Gasteiger partial charge in [0.2, 0.25) is 0 Å². The highest BCUT2D eigenvalue weighted by Gasteiger charge is 2.46. The Morgan fingerprint density at radius 1 is 1.21 bits per heavy atom. The molecule has 1 unspecified atom stereocenters. The fourth-order valence-electron chi connectivity index (χ4n) is 3.93. The number of fused-ring (bicyclic) bond motifs is 2. The van der Waals surface area contributed by atoms with E-state index in [0.29, 0.717) is 31.0 Å². The largest absolute Gasteiger partial charge is 0.444 e. The molecule has 0 aromatic carbocycles. The van der Waals surface area contributed by atoms with Crippen molar-refractivity contribution in [1.29, 1.82) is 0 Å². The van der Waals surface area contributed by atoms with E-state index in [1.807, 2.05) is 20.8 Å². The molecule has 0 aromatic heterocycles. The number of carbonyl (C=O) groups is 3. The van der Waals surface area contributed by atoms with Crippen molar-refractivity contribution in [3.63, 3.8) is 0 Å². The number of nitrogens with one attached hydrogen (secondary N) is 1. The quantitative estimate of drug-likeness (QED) is 0.548. The zero-order chi connectivity index (χ0) is 20.5. The van der Waals surface area contributed by atoms with Gasteiger partial charge in [-0.3, -0.25) is 14.8 Å². The summed E-state index contributed by atoms with van der Waals surface area (Å²) in [4.78, 5) is 45.3. The smallest absolute Gasteiger partial charge is 0.410 e. The van der Waals surface area contributed by atoms with Gasteiger partial charge in [0.25, 0.3) is 5.91 Å². The Morgan fingerprint density at radius 2 is 1.96 bits per heavy atom. The summed E-state index contributed by atoms with van der Waals surface area (Å²) in [7, 11) is 0. The zero-order valence-corrected chi connectivity index (χ0v) is 16.7. The maximum absolute atomic E-state index is 12.4. The predicted octanol–water partition coefficient (Wildman–Crippen LogP) is 1.48. The monoisotopic (exact) mass is 398 g/mol. The van der Waals surface area contributed by atoms with E-state index in [1.165, 1.54) is 4.90 Å². The first-order chi connectivity index (χ1) is 13.2. The molecule has 4 amide bonds. The van der Waals surface area contributed by atoms with Gasteiger partial charge in [-0.25, -0.2) is 20.1 Å². The summed E-state index contributed by atoms with van der Waals surface area (Å²) < 4.78 is 5.46. The molecular weight excluding hydrogens is 368 g/mol. The molecule has 158 valence electrons. The van der Waals surface area contributed by atoms with Crippen molar-refractivity contribution in [2.24, 2.45) is 0 Å². The molecule has 3 fully saturated rings. The Balaban J connectivity index is 1.50. The standard InChI is InChI=1S/C18H30N4O6/c1-18(2,3)28-17(25)20-9-5-4-6-13(20)11-27-19-15(23)14-8-7-12-10-21(14)16(24)22(12)26/h12-14,26H,4-11H2,1-3H3,(H,19,23)/t12-,13?,14+/m1/s1. The molecule has 3 saturated heterocycles. The number of rotatable bonds is 4. The number of hydrogen-bond acceptors (Lipinski definition) is 6. The molecule has 0 radical (unpaired) electrons. The highest BCUT2D eigenvalue weighted by molar-refractivity contribution is 5.87. The maximum atomic E-state index is 12.4. The number of ether oxygens (including phenoxy) is 1. The van der Waals surface area contributed by atoms with Gasteiger partial charge in [0, 0.05) is 13.1 Å². The summed E-state index contributed by atoms with van der Waals surface area (Å²) in [6, 6.07) is -1.64. The van der Waals surface area contributed by atoms with Crippen molar-refractivity contribution in [2.75, 3.05) is 19.7 Å². The molecule has 28 heavy (non-hydrogen) atoms. The molecule has 2 N–H and O–H groups in total. The fraction of sp³-hybridized carbons (Fsp3) is 0.833. The van der Waals surface area contributed by atoms with Crippen molar-refractivity contribution < 1.29 is 29.2 Å². The van der Waals surface area contributed by atoms with E-state index < -0.39 is 23.6 Å². The van der Waals surface area contributed by atoms with E-state index in [9.17, 15) is 19.6 Å². The molecule has 0 spiro atoms.